The van der Waals surface area contributed by atoms with E-state index in [2.05, 4.69) is 19.2 Å². The highest BCUT2D eigenvalue weighted by Crippen LogP contribution is 2.34. The van der Waals surface area contributed by atoms with Crippen molar-refractivity contribution in [2.45, 2.75) is 65.5 Å². The van der Waals surface area contributed by atoms with Gasteiger partial charge in [0, 0.05) is 6.04 Å². The van der Waals surface area contributed by atoms with Gasteiger partial charge in [-0.25, -0.2) is 0 Å². The molecule has 1 atom stereocenters. The Morgan fingerprint density at radius 2 is 2.19 bits per heavy atom. The lowest BCUT2D eigenvalue weighted by Crippen LogP contribution is -2.40. The summed E-state index contributed by atoms with van der Waals surface area (Å²) in [5.74, 6) is -0.140. The van der Waals surface area contributed by atoms with Gasteiger partial charge in [0.2, 0.25) is 0 Å². The number of hydrogen-bond donors (Lipinski definition) is 1. The van der Waals surface area contributed by atoms with Gasteiger partial charge in [0.25, 0.3) is 0 Å². The lowest BCUT2D eigenvalue weighted by Gasteiger charge is -2.35. The van der Waals surface area contributed by atoms with Gasteiger partial charge < -0.3 is 10.1 Å². The molecule has 94 valence electrons. The third-order valence-corrected chi connectivity index (χ3v) is 3.11. The summed E-state index contributed by atoms with van der Waals surface area (Å²) in [7, 11) is 0. The first-order chi connectivity index (χ1) is 7.39. The Hall–Kier alpha value is -0.570. The van der Waals surface area contributed by atoms with Gasteiger partial charge in [-0.05, 0) is 38.5 Å². The van der Waals surface area contributed by atoms with Crippen LogP contribution in [0.15, 0.2) is 0 Å². The van der Waals surface area contributed by atoms with E-state index in [9.17, 15) is 4.79 Å². The van der Waals surface area contributed by atoms with Crippen molar-refractivity contribution in [2.75, 3.05) is 6.54 Å². The molecule has 0 aromatic heterocycles. The molecule has 0 saturated heterocycles. The van der Waals surface area contributed by atoms with E-state index in [1.165, 1.54) is 19.3 Å². The average molecular weight is 227 g/mol. The molecule has 3 nitrogen and oxygen atoms in total. The maximum atomic E-state index is 11.4. The summed E-state index contributed by atoms with van der Waals surface area (Å²) in [5.41, 5.74) is 0.415. The maximum Gasteiger partial charge on any atom is 0.320 e. The van der Waals surface area contributed by atoms with Crippen LogP contribution in [-0.2, 0) is 9.53 Å². The predicted molar refractivity (Wildman–Crippen MR) is 65.3 cm³/mol. The van der Waals surface area contributed by atoms with Crippen LogP contribution in [-0.4, -0.2) is 24.7 Å². The van der Waals surface area contributed by atoms with E-state index < -0.39 is 0 Å². The molecular formula is C13H25NO2. The Balaban J connectivity index is 2.24. The topological polar surface area (TPSA) is 38.3 Å². The quantitative estimate of drug-likeness (QED) is 0.750. The Bertz CT molecular complexity index is 236. The lowest BCUT2D eigenvalue weighted by molar-refractivity contribution is -0.146. The number of rotatable bonds is 4. The van der Waals surface area contributed by atoms with E-state index in [0.717, 1.165) is 6.42 Å². The number of nitrogens with one attached hydrogen (secondary N) is 1. The fraction of sp³-hybridized carbons (Fsp3) is 0.923. The number of esters is 1. The molecule has 1 fully saturated rings. The SMILES string of the molecule is CC(C)OC(=O)CNC1CCCC(C)(C)C1. The molecule has 0 amide bonds. The molecule has 0 bridgehead atoms. The fourth-order valence-corrected chi connectivity index (χ4v) is 2.40. The van der Waals surface area contributed by atoms with Gasteiger partial charge in [0.15, 0.2) is 0 Å². The number of carbonyl (C=O) groups excluding carboxylic acids is 1. The Labute approximate surface area is 98.9 Å². The van der Waals surface area contributed by atoms with Gasteiger partial charge in [-0.15, -0.1) is 0 Å². The van der Waals surface area contributed by atoms with Gasteiger partial charge in [0.1, 0.15) is 0 Å². The summed E-state index contributed by atoms with van der Waals surface area (Å²) in [5, 5.41) is 3.31. The first-order valence-electron chi connectivity index (χ1n) is 6.32. The monoisotopic (exact) mass is 227 g/mol. The van der Waals surface area contributed by atoms with E-state index in [1.807, 2.05) is 13.8 Å². The van der Waals surface area contributed by atoms with Crippen LogP contribution in [0.4, 0.5) is 0 Å². The van der Waals surface area contributed by atoms with Crippen molar-refractivity contribution in [1.29, 1.82) is 0 Å². The van der Waals surface area contributed by atoms with Crippen LogP contribution in [0.2, 0.25) is 0 Å². The van der Waals surface area contributed by atoms with E-state index in [0.29, 0.717) is 18.0 Å². The Kier molecular flexibility index (Phi) is 4.78. The zero-order valence-corrected chi connectivity index (χ0v) is 11.0. The lowest BCUT2D eigenvalue weighted by atomic mass is 9.75. The molecule has 0 aromatic rings. The summed E-state index contributed by atoms with van der Waals surface area (Å²) >= 11 is 0. The highest BCUT2D eigenvalue weighted by atomic mass is 16.5. The molecule has 0 heterocycles. The van der Waals surface area contributed by atoms with Crippen molar-refractivity contribution >= 4 is 5.97 Å². The van der Waals surface area contributed by atoms with Crippen molar-refractivity contribution in [2.24, 2.45) is 5.41 Å². The minimum Gasteiger partial charge on any atom is -0.462 e. The molecule has 1 rings (SSSR count). The molecule has 0 radical (unpaired) electrons. The summed E-state index contributed by atoms with van der Waals surface area (Å²) in [6.07, 6.45) is 4.86. The van der Waals surface area contributed by atoms with Gasteiger partial charge in [-0.3, -0.25) is 4.79 Å². The molecule has 1 N–H and O–H groups in total. The molecule has 0 aromatic carbocycles. The van der Waals surface area contributed by atoms with Crippen molar-refractivity contribution in [3.63, 3.8) is 0 Å². The van der Waals surface area contributed by atoms with Crippen LogP contribution in [0.1, 0.15) is 53.4 Å². The van der Waals surface area contributed by atoms with Crippen LogP contribution >= 0.6 is 0 Å². The van der Waals surface area contributed by atoms with E-state index in [-0.39, 0.29) is 12.1 Å². The van der Waals surface area contributed by atoms with E-state index in [4.69, 9.17) is 4.74 Å². The molecule has 16 heavy (non-hydrogen) atoms. The second-order valence-corrected chi connectivity index (χ2v) is 5.88. The van der Waals surface area contributed by atoms with Gasteiger partial charge in [-0.1, -0.05) is 20.3 Å². The van der Waals surface area contributed by atoms with Crippen LogP contribution < -0.4 is 5.32 Å². The molecule has 0 spiro atoms. The van der Waals surface area contributed by atoms with Crippen molar-refractivity contribution < 1.29 is 9.53 Å². The zero-order chi connectivity index (χ0) is 12.2. The minimum atomic E-state index is -0.140. The predicted octanol–water partition coefficient (Wildman–Crippen LogP) is 2.50. The Morgan fingerprint density at radius 3 is 2.75 bits per heavy atom. The number of carbonyl (C=O) groups is 1. The summed E-state index contributed by atoms with van der Waals surface area (Å²) in [4.78, 5) is 11.4. The normalized spacial score (nSPS) is 24.4. The van der Waals surface area contributed by atoms with Crippen molar-refractivity contribution in [3.05, 3.63) is 0 Å². The van der Waals surface area contributed by atoms with E-state index in [1.54, 1.807) is 0 Å². The third kappa shape index (κ3) is 4.97. The average Bonchev–Trinajstić information content (AvgIpc) is 2.12. The highest BCUT2D eigenvalue weighted by molar-refractivity contribution is 5.71. The van der Waals surface area contributed by atoms with Crippen LogP contribution in [0.3, 0.4) is 0 Å². The minimum absolute atomic E-state index is 0.0166. The van der Waals surface area contributed by atoms with E-state index >= 15 is 0 Å². The third-order valence-electron chi connectivity index (χ3n) is 3.11. The maximum absolute atomic E-state index is 11.4. The Morgan fingerprint density at radius 1 is 1.50 bits per heavy atom. The number of hydrogen-bond acceptors (Lipinski definition) is 3. The van der Waals surface area contributed by atoms with Gasteiger partial charge in [0.05, 0.1) is 12.6 Å². The van der Waals surface area contributed by atoms with Crippen molar-refractivity contribution in [1.82, 2.24) is 5.32 Å². The molecule has 1 saturated carbocycles. The summed E-state index contributed by atoms with van der Waals surface area (Å²) in [6.45, 7) is 8.70. The molecule has 1 aliphatic carbocycles. The van der Waals surface area contributed by atoms with Gasteiger partial charge in [-0.2, -0.15) is 0 Å². The van der Waals surface area contributed by atoms with Crippen LogP contribution in [0.25, 0.3) is 0 Å². The van der Waals surface area contributed by atoms with Crippen molar-refractivity contribution in [3.8, 4) is 0 Å². The van der Waals surface area contributed by atoms with Gasteiger partial charge >= 0.3 is 5.97 Å². The standard InChI is InChI=1S/C13H25NO2/c1-10(2)16-12(15)9-14-11-6-5-7-13(3,4)8-11/h10-11,14H,5-9H2,1-4H3. The second kappa shape index (κ2) is 5.67. The molecular weight excluding hydrogens is 202 g/mol. The molecule has 0 aliphatic heterocycles. The molecule has 1 aliphatic rings. The number of ether oxygens (including phenoxy) is 1. The van der Waals surface area contributed by atoms with Crippen LogP contribution in [0, 0.1) is 5.41 Å². The molecule has 1 unspecified atom stereocenters. The molecule has 3 heteroatoms. The highest BCUT2D eigenvalue weighted by Gasteiger charge is 2.27. The smallest absolute Gasteiger partial charge is 0.320 e. The second-order valence-electron chi connectivity index (χ2n) is 5.88. The largest absolute Gasteiger partial charge is 0.462 e. The first-order valence-corrected chi connectivity index (χ1v) is 6.32. The summed E-state index contributed by atoms with van der Waals surface area (Å²) < 4.78 is 5.09. The summed E-state index contributed by atoms with van der Waals surface area (Å²) in [6, 6.07) is 0.475. The zero-order valence-electron chi connectivity index (χ0n) is 11.0. The van der Waals surface area contributed by atoms with Crippen LogP contribution in [0.5, 0.6) is 0 Å². The first kappa shape index (κ1) is 13.5. The fourth-order valence-electron chi connectivity index (χ4n) is 2.40.